The Morgan fingerprint density at radius 1 is 1.07 bits per heavy atom. The van der Waals surface area contributed by atoms with Gasteiger partial charge < -0.3 is 20.6 Å². The first kappa shape index (κ1) is 19.7. The van der Waals surface area contributed by atoms with Crippen molar-refractivity contribution in [1.82, 2.24) is 15.0 Å². The van der Waals surface area contributed by atoms with Crippen LogP contribution in [0, 0.1) is 5.92 Å². The van der Waals surface area contributed by atoms with Gasteiger partial charge in [0.2, 0.25) is 5.95 Å². The van der Waals surface area contributed by atoms with Crippen LogP contribution in [0.3, 0.4) is 0 Å². The lowest BCUT2D eigenvalue weighted by atomic mass is 9.98. The van der Waals surface area contributed by atoms with Crippen LogP contribution in [-0.4, -0.2) is 52.8 Å². The van der Waals surface area contributed by atoms with Crippen LogP contribution in [-0.2, 0) is 6.18 Å². The summed E-state index contributed by atoms with van der Waals surface area (Å²) in [5.41, 5.74) is 4.72. The van der Waals surface area contributed by atoms with Crippen LogP contribution in [0.5, 0.6) is 0 Å². The van der Waals surface area contributed by atoms with Gasteiger partial charge in [-0.3, -0.25) is 0 Å². The van der Waals surface area contributed by atoms with E-state index in [4.69, 9.17) is 5.73 Å². The number of halogens is 3. The van der Waals surface area contributed by atoms with Gasteiger partial charge in [0.25, 0.3) is 0 Å². The quantitative estimate of drug-likeness (QED) is 0.803. The number of nitrogens with zero attached hydrogens (tertiary/aromatic N) is 5. The Balaban J connectivity index is 1.76. The molecule has 0 radical (unpaired) electrons. The normalized spacial score (nSPS) is 18.1. The monoisotopic (exact) mass is 408 g/mol. The Labute approximate surface area is 166 Å². The van der Waals surface area contributed by atoms with Gasteiger partial charge in [-0.05, 0) is 31.2 Å². The Kier molecular flexibility index (Phi) is 5.20. The predicted molar refractivity (Wildman–Crippen MR) is 104 cm³/mol. The molecule has 2 aromatic rings. The summed E-state index contributed by atoms with van der Waals surface area (Å²) in [5, 5.41) is 9.35. The smallest absolute Gasteiger partial charge is 0.396 e. The van der Waals surface area contributed by atoms with Crippen molar-refractivity contribution in [3.63, 3.8) is 0 Å². The number of piperidine rings is 1. The summed E-state index contributed by atoms with van der Waals surface area (Å²) in [4.78, 5) is 16.9. The molecule has 10 heteroatoms. The molecule has 29 heavy (non-hydrogen) atoms. The Hall–Kier alpha value is -2.62. The highest BCUT2D eigenvalue weighted by molar-refractivity contribution is 5.69. The third-order valence-corrected chi connectivity index (χ3v) is 5.54. The number of aromatic nitrogens is 3. The molecule has 156 valence electrons. The van der Waals surface area contributed by atoms with Crippen molar-refractivity contribution >= 4 is 17.6 Å². The maximum atomic E-state index is 13.6. The fraction of sp³-hybridized carbons (Fsp3) is 0.526. The molecule has 0 aliphatic carbocycles. The topological polar surface area (TPSA) is 91.4 Å². The van der Waals surface area contributed by atoms with E-state index in [9.17, 15) is 18.3 Å². The summed E-state index contributed by atoms with van der Waals surface area (Å²) in [6.07, 6.45) is -0.843. The number of pyridine rings is 1. The molecule has 0 amide bonds. The molecule has 2 fully saturated rings. The van der Waals surface area contributed by atoms with Crippen LogP contribution < -0.4 is 15.5 Å². The third kappa shape index (κ3) is 4.07. The maximum Gasteiger partial charge on any atom is 0.417 e. The summed E-state index contributed by atoms with van der Waals surface area (Å²) in [6.45, 7) is 3.07. The van der Waals surface area contributed by atoms with E-state index in [2.05, 4.69) is 15.0 Å². The number of hydrogen-bond donors (Lipinski definition) is 2. The average Bonchev–Trinajstić information content (AvgIpc) is 2.66. The van der Waals surface area contributed by atoms with Crippen LogP contribution >= 0.6 is 0 Å². The highest BCUT2D eigenvalue weighted by Crippen LogP contribution is 2.38. The molecule has 4 heterocycles. The van der Waals surface area contributed by atoms with Gasteiger partial charge in [0.1, 0.15) is 11.6 Å². The van der Waals surface area contributed by atoms with Crippen molar-refractivity contribution in [2.24, 2.45) is 5.92 Å². The minimum absolute atomic E-state index is 0.109. The van der Waals surface area contributed by atoms with E-state index in [1.807, 2.05) is 9.80 Å². The average molecular weight is 408 g/mol. The second-order valence-corrected chi connectivity index (χ2v) is 7.52. The van der Waals surface area contributed by atoms with E-state index in [0.29, 0.717) is 24.9 Å². The van der Waals surface area contributed by atoms with Crippen LogP contribution in [0.15, 0.2) is 18.3 Å². The highest BCUT2D eigenvalue weighted by atomic mass is 19.4. The summed E-state index contributed by atoms with van der Waals surface area (Å²) in [6, 6.07) is 2.43. The number of nitrogen functional groups attached to an aromatic ring is 1. The largest absolute Gasteiger partial charge is 0.417 e. The Morgan fingerprint density at radius 2 is 1.79 bits per heavy atom. The molecular weight excluding hydrogens is 385 g/mol. The number of anilines is 3. The van der Waals surface area contributed by atoms with Crippen molar-refractivity contribution in [3.05, 3.63) is 23.9 Å². The first-order valence-corrected chi connectivity index (χ1v) is 9.68. The molecule has 0 atom stereocenters. The number of nitrogens with two attached hydrogens (primary N) is 1. The first-order valence-electron chi connectivity index (χ1n) is 9.68. The molecule has 2 aliphatic heterocycles. The predicted octanol–water partition coefficient (Wildman–Crippen LogP) is 2.56. The van der Waals surface area contributed by atoms with Gasteiger partial charge in [0, 0.05) is 50.6 Å². The molecule has 2 aromatic heterocycles. The molecule has 0 unspecified atom stereocenters. The minimum Gasteiger partial charge on any atom is -0.396 e. The highest BCUT2D eigenvalue weighted by Gasteiger charge is 2.35. The molecule has 7 nitrogen and oxygen atoms in total. The molecule has 0 spiro atoms. The van der Waals surface area contributed by atoms with Gasteiger partial charge in [0.05, 0.1) is 11.3 Å². The van der Waals surface area contributed by atoms with Gasteiger partial charge in [-0.1, -0.05) is 0 Å². The molecule has 0 bridgehead atoms. The Morgan fingerprint density at radius 3 is 2.38 bits per heavy atom. The van der Waals surface area contributed by atoms with Crippen LogP contribution in [0.1, 0.15) is 24.8 Å². The molecule has 0 saturated carbocycles. The SMILES string of the molecule is Nc1cc(C(F)(F)F)c(-c2cc(N3CCC3)nc(N3CCC(CO)CC3)n2)cn1. The van der Waals surface area contributed by atoms with Crippen molar-refractivity contribution in [3.8, 4) is 11.3 Å². The van der Waals surface area contributed by atoms with E-state index < -0.39 is 11.7 Å². The number of aliphatic hydroxyl groups excluding tert-OH is 1. The van der Waals surface area contributed by atoms with Gasteiger partial charge in [0.15, 0.2) is 0 Å². The van der Waals surface area contributed by atoms with Crippen molar-refractivity contribution in [2.45, 2.75) is 25.4 Å². The van der Waals surface area contributed by atoms with E-state index in [-0.39, 0.29) is 29.6 Å². The van der Waals surface area contributed by atoms with Crippen LogP contribution in [0.25, 0.3) is 11.3 Å². The number of alkyl halides is 3. The zero-order valence-electron chi connectivity index (χ0n) is 15.9. The lowest BCUT2D eigenvalue weighted by Crippen LogP contribution is -2.39. The molecule has 2 aliphatic rings. The van der Waals surface area contributed by atoms with E-state index >= 15 is 0 Å². The third-order valence-electron chi connectivity index (χ3n) is 5.54. The molecule has 0 aromatic carbocycles. The summed E-state index contributed by atoms with van der Waals surface area (Å²) in [7, 11) is 0. The van der Waals surface area contributed by atoms with Gasteiger partial charge >= 0.3 is 6.18 Å². The summed E-state index contributed by atoms with van der Waals surface area (Å²) in [5.74, 6) is 1.07. The fourth-order valence-corrected chi connectivity index (χ4v) is 3.63. The number of hydrogen-bond acceptors (Lipinski definition) is 7. The second-order valence-electron chi connectivity index (χ2n) is 7.52. The minimum atomic E-state index is -4.58. The second kappa shape index (κ2) is 7.66. The summed E-state index contributed by atoms with van der Waals surface area (Å²) < 4.78 is 40.8. The zero-order chi connectivity index (χ0) is 20.6. The summed E-state index contributed by atoms with van der Waals surface area (Å²) >= 11 is 0. The number of rotatable bonds is 4. The lowest BCUT2D eigenvalue weighted by Gasteiger charge is -2.35. The lowest BCUT2D eigenvalue weighted by molar-refractivity contribution is -0.137. The van der Waals surface area contributed by atoms with Gasteiger partial charge in [-0.25, -0.2) is 9.97 Å². The fourth-order valence-electron chi connectivity index (χ4n) is 3.63. The van der Waals surface area contributed by atoms with Crippen molar-refractivity contribution in [1.29, 1.82) is 0 Å². The van der Waals surface area contributed by atoms with E-state index in [1.165, 1.54) is 0 Å². The molecule has 2 saturated heterocycles. The first-order chi connectivity index (χ1) is 13.8. The number of aliphatic hydroxyl groups is 1. The van der Waals surface area contributed by atoms with Crippen molar-refractivity contribution < 1.29 is 18.3 Å². The van der Waals surface area contributed by atoms with Gasteiger partial charge in [-0.15, -0.1) is 0 Å². The van der Waals surface area contributed by atoms with E-state index in [1.54, 1.807) is 6.07 Å². The molecule has 3 N–H and O–H groups in total. The maximum absolute atomic E-state index is 13.6. The standard InChI is InChI=1S/C19H23F3N6O/c20-19(21,22)14-8-16(23)24-10-13(14)15-9-17(27-4-1-5-27)26-18(25-15)28-6-2-12(11-29)3-7-28/h8-10,12,29H,1-7,11H2,(H2,23,24). The molecular formula is C19H23F3N6O. The van der Waals surface area contributed by atoms with Crippen LogP contribution in [0.4, 0.5) is 30.8 Å². The van der Waals surface area contributed by atoms with Crippen molar-refractivity contribution in [2.75, 3.05) is 48.3 Å². The van der Waals surface area contributed by atoms with E-state index in [0.717, 1.165) is 44.6 Å². The van der Waals surface area contributed by atoms with Gasteiger partial charge in [-0.2, -0.15) is 18.2 Å². The molecule has 4 rings (SSSR count). The Bertz CT molecular complexity index is 879. The van der Waals surface area contributed by atoms with Crippen LogP contribution in [0.2, 0.25) is 0 Å². The zero-order valence-corrected chi connectivity index (χ0v) is 15.9.